The maximum Gasteiger partial charge on any atom is 0.356 e. The summed E-state index contributed by atoms with van der Waals surface area (Å²) in [5.74, 6) is -1.71. The third-order valence-corrected chi connectivity index (χ3v) is 4.55. The van der Waals surface area contributed by atoms with Crippen LogP contribution in [-0.4, -0.2) is 26.7 Å². The zero-order valence-corrected chi connectivity index (χ0v) is 17.8. The van der Waals surface area contributed by atoms with Gasteiger partial charge in [0.1, 0.15) is 6.33 Å². The zero-order valence-electron chi connectivity index (χ0n) is 15.4. The summed E-state index contributed by atoms with van der Waals surface area (Å²) in [4.78, 5) is 42.8. The van der Waals surface area contributed by atoms with Crippen LogP contribution in [0.2, 0.25) is 5.02 Å². The van der Waals surface area contributed by atoms with Gasteiger partial charge in [0.05, 0.1) is 4.92 Å². The number of hydrogen-bond donors (Lipinski definition) is 4. The van der Waals surface area contributed by atoms with Crippen LogP contribution in [0.1, 0.15) is 20.7 Å². The van der Waals surface area contributed by atoms with E-state index in [4.69, 9.17) is 11.6 Å². The van der Waals surface area contributed by atoms with Crippen LogP contribution in [-0.2, 0) is 0 Å². The van der Waals surface area contributed by atoms with Gasteiger partial charge in [0.15, 0.2) is 0 Å². The van der Waals surface area contributed by atoms with Crippen LogP contribution < -0.4 is 21.7 Å². The number of nitrogens with one attached hydrogen (secondary N) is 4. The molecule has 1 aromatic heterocycles. The van der Waals surface area contributed by atoms with Crippen molar-refractivity contribution in [1.82, 2.24) is 20.8 Å². The summed E-state index contributed by atoms with van der Waals surface area (Å²) in [7, 11) is 0. The quantitative estimate of drug-likeness (QED) is 0.281. The highest BCUT2D eigenvalue weighted by Crippen LogP contribution is 2.27. The zero-order chi connectivity index (χ0) is 22.4. The number of amides is 2. The van der Waals surface area contributed by atoms with Gasteiger partial charge in [0, 0.05) is 20.6 Å². The van der Waals surface area contributed by atoms with Crippen LogP contribution in [0, 0.1) is 10.1 Å². The molecule has 3 aromatic rings. The molecule has 0 bridgehead atoms. The predicted molar refractivity (Wildman–Crippen MR) is 116 cm³/mol. The van der Waals surface area contributed by atoms with Gasteiger partial charge in [-0.1, -0.05) is 33.6 Å². The average Bonchev–Trinajstić information content (AvgIpc) is 2.76. The van der Waals surface area contributed by atoms with E-state index in [-0.39, 0.29) is 17.2 Å². The first-order valence-electron chi connectivity index (χ1n) is 8.48. The third-order valence-electron chi connectivity index (χ3n) is 3.79. The average molecular weight is 507 g/mol. The van der Waals surface area contributed by atoms with Crippen molar-refractivity contribution in [2.45, 2.75) is 0 Å². The summed E-state index contributed by atoms with van der Waals surface area (Å²) >= 11 is 9.11. The number of nitrogens with zero attached hydrogens (tertiary/aromatic N) is 3. The second-order valence-electron chi connectivity index (χ2n) is 5.85. The van der Waals surface area contributed by atoms with Crippen molar-refractivity contribution in [2.24, 2.45) is 0 Å². The van der Waals surface area contributed by atoms with E-state index in [0.29, 0.717) is 10.6 Å². The van der Waals surface area contributed by atoms with Crippen molar-refractivity contribution >= 4 is 56.7 Å². The van der Waals surface area contributed by atoms with E-state index in [1.807, 2.05) is 0 Å². The van der Waals surface area contributed by atoms with Gasteiger partial charge < -0.3 is 0 Å². The molecule has 0 radical (unpaired) electrons. The molecule has 4 N–H and O–H groups in total. The minimum atomic E-state index is -0.762. The molecular weight excluding hydrogens is 494 g/mol. The molecule has 158 valence electrons. The standard InChI is InChI=1S/C18H13BrClN7O4/c19-12-6-4-10(5-7-12)17(28)25-23-15-14(27(30)31)16(22-9-21-15)24-26-18(29)11-2-1-3-13(20)8-11/h1-9H,(H,25,28)(H,26,29)(H2,21,22,23,24). The van der Waals surface area contributed by atoms with E-state index < -0.39 is 22.4 Å². The molecule has 31 heavy (non-hydrogen) atoms. The maximum absolute atomic E-state index is 12.2. The number of hydrogen-bond acceptors (Lipinski definition) is 8. The predicted octanol–water partition coefficient (Wildman–Crippen LogP) is 3.31. The van der Waals surface area contributed by atoms with E-state index >= 15 is 0 Å². The Morgan fingerprint density at radius 3 is 2.06 bits per heavy atom. The van der Waals surface area contributed by atoms with Gasteiger partial charge in [-0.15, -0.1) is 0 Å². The first-order valence-corrected chi connectivity index (χ1v) is 9.65. The Kier molecular flexibility index (Phi) is 6.95. The highest BCUT2D eigenvalue weighted by Gasteiger charge is 2.24. The van der Waals surface area contributed by atoms with Crippen molar-refractivity contribution in [3.05, 3.63) is 85.6 Å². The fourth-order valence-electron chi connectivity index (χ4n) is 2.34. The monoisotopic (exact) mass is 505 g/mol. The number of aromatic nitrogens is 2. The molecule has 0 aliphatic rings. The van der Waals surface area contributed by atoms with Crippen molar-refractivity contribution < 1.29 is 14.5 Å². The van der Waals surface area contributed by atoms with Gasteiger partial charge in [0.2, 0.25) is 11.6 Å². The van der Waals surface area contributed by atoms with Gasteiger partial charge in [0.25, 0.3) is 11.8 Å². The van der Waals surface area contributed by atoms with Gasteiger partial charge in [-0.3, -0.25) is 41.4 Å². The number of carbonyl (C=O) groups excluding carboxylic acids is 2. The molecule has 3 rings (SSSR count). The van der Waals surface area contributed by atoms with Crippen LogP contribution in [0.3, 0.4) is 0 Å². The first-order chi connectivity index (χ1) is 14.8. The molecule has 0 aliphatic carbocycles. The van der Waals surface area contributed by atoms with Crippen LogP contribution in [0.15, 0.2) is 59.3 Å². The number of benzene rings is 2. The molecule has 0 spiro atoms. The number of rotatable bonds is 7. The number of hydrazine groups is 2. The molecule has 11 nitrogen and oxygen atoms in total. The summed E-state index contributed by atoms with van der Waals surface area (Å²) < 4.78 is 0.791. The fraction of sp³-hybridized carbons (Fsp3) is 0. The van der Waals surface area contributed by atoms with Crippen molar-refractivity contribution in [2.75, 3.05) is 10.9 Å². The summed E-state index contributed by atoms with van der Waals surface area (Å²) in [6, 6.07) is 12.6. The maximum atomic E-state index is 12.2. The van der Waals surface area contributed by atoms with E-state index in [1.54, 1.807) is 36.4 Å². The lowest BCUT2D eigenvalue weighted by Crippen LogP contribution is -2.32. The molecule has 0 unspecified atom stereocenters. The van der Waals surface area contributed by atoms with E-state index in [0.717, 1.165) is 10.8 Å². The van der Waals surface area contributed by atoms with Crippen LogP contribution in [0.25, 0.3) is 0 Å². The number of carbonyl (C=O) groups is 2. The molecule has 1 heterocycles. The molecule has 0 atom stereocenters. The Hall–Kier alpha value is -3.77. The topological polar surface area (TPSA) is 151 Å². The fourth-order valence-corrected chi connectivity index (χ4v) is 2.80. The second-order valence-corrected chi connectivity index (χ2v) is 7.20. The summed E-state index contributed by atoms with van der Waals surface area (Å²) in [5, 5.41) is 11.9. The lowest BCUT2D eigenvalue weighted by atomic mass is 10.2. The Bertz CT molecular complexity index is 1140. The van der Waals surface area contributed by atoms with E-state index in [2.05, 4.69) is 47.6 Å². The molecule has 2 amide bonds. The Balaban J connectivity index is 1.73. The lowest BCUT2D eigenvalue weighted by molar-refractivity contribution is -0.383. The van der Waals surface area contributed by atoms with E-state index in [9.17, 15) is 19.7 Å². The van der Waals surface area contributed by atoms with Crippen molar-refractivity contribution in [3.8, 4) is 0 Å². The molecule has 2 aromatic carbocycles. The first kappa shape index (κ1) is 21.9. The normalized spacial score (nSPS) is 10.1. The Labute approximate surface area is 188 Å². The summed E-state index contributed by atoms with van der Waals surface area (Å²) in [6.45, 7) is 0. The van der Waals surface area contributed by atoms with Gasteiger partial charge in [-0.05, 0) is 42.5 Å². The Morgan fingerprint density at radius 2 is 1.52 bits per heavy atom. The van der Waals surface area contributed by atoms with Crippen LogP contribution >= 0.6 is 27.5 Å². The van der Waals surface area contributed by atoms with Gasteiger partial charge >= 0.3 is 5.69 Å². The third kappa shape index (κ3) is 5.65. The van der Waals surface area contributed by atoms with Gasteiger partial charge in [-0.25, -0.2) is 9.97 Å². The number of anilines is 2. The second kappa shape index (κ2) is 9.82. The molecule has 0 aliphatic heterocycles. The molecular formula is C18H13BrClN7O4. The molecule has 0 saturated carbocycles. The molecule has 0 saturated heterocycles. The SMILES string of the molecule is O=C(NNc1ncnc(NNC(=O)c2cccc(Cl)c2)c1[N+](=O)[O-])c1ccc(Br)cc1. The highest BCUT2D eigenvalue weighted by molar-refractivity contribution is 9.10. The summed E-state index contributed by atoms with van der Waals surface area (Å²) in [6.07, 6.45) is 1.02. The summed E-state index contributed by atoms with van der Waals surface area (Å²) in [5.41, 5.74) is 9.37. The van der Waals surface area contributed by atoms with Gasteiger partial charge in [-0.2, -0.15) is 0 Å². The lowest BCUT2D eigenvalue weighted by Gasteiger charge is -2.11. The smallest absolute Gasteiger partial charge is 0.276 e. The highest BCUT2D eigenvalue weighted by atomic mass is 79.9. The largest absolute Gasteiger partial charge is 0.356 e. The van der Waals surface area contributed by atoms with Crippen LogP contribution in [0.4, 0.5) is 17.3 Å². The van der Waals surface area contributed by atoms with Crippen LogP contribution in [0.5, 0.6) is 0 Å². The molecule has 13 heteroatoms. The minimum absolute atomic E-state index is 0.233. The van der Waals surface area contributed by atoms with Crippen molar-refractivity contribution in [1.29, 1.82) is 0 Å². The Morgan fingerprint density at radius 1 is 0.935 bits per heavy atom. The van der Waals surface area contributed by atoms with E-state index in [1.165, 1.54) is 12.1 Å². The number of nitro groups is 1. The number of halogens is 2. The van der Waals surface area contributed by atoms with Crippen molar-refractivity contribution in [3.63, 3.8) is 0 Å². The minimum Gasteiger partial charge on any atom is -0.276 e. The molecule has 0 fully saturated rings.